The molecule has 3 rings (SSSR count). The summed E-state index contributed by atoms with van der Waals surface area (Å²) in [5, 5.41) is 4.45. The predicted octanol–water partition coefficient (Wildman–Crippen LogP) is 3.51. The minimum absolute atomic E-state index is 0.0511. The van der Waals surface area contributed by atoms with E-state index in [1.165, 1.54) is 11.0 Å². The number of rotatable bonds is 5. The van der Waals surface area contributed by atoms with Crippen LogP contribution in [-0.4, -0.2) is 37.2 Å². The number of fused-ring (bicyclic) bond motifs is 1. The largest absolute Gasteiger partial charge is 0.493 e. The van der Waals surface area contributed by atoms with E-state index >= 15 is 0 Å². The molecule has 0 bridgehead atoms. The number of carbonyl (C=O) groups is 1. The lowest BCUT2D eigenvalue weighted by Gasteiger charge is -2.09. The fourth-order valence-electron chi connectivity index (χ4n) is 2.24. The van der Waals surface area contributed by atoms with E-state index in [2.05, 4.69) is 5.16 Å². The summed E-state index contributed by atoms with van der Waals surface area (Å²) >= 11 is 0. The number of aromatic nitrogens is 1. The van der Waals surface area contributed by atoms with E-state index in [1.807, 2.05) is 0 Å². The Morgan fingerprint density at radius 1 is 1.35 bits per heavy atom. The fraction of sp³-hybridized carbons (Fsp3) is 0.429. The van der Waals surface area contributed by atoms with Gasteiger partial charge in [0.15, 0.2) is 11.4 Å². The van der Waals surface area contributed by atoms with E-state index in [4.69, 9.17) is 14.0 Å². The summed E-state index contributed by atoms with van der Waals surface area (Å²) in [6.45, 7) is 0.619. The van der Waals surface area contributed by atoms with Gasteiger partial charge in [0, 0.05) is 12.5 Å². The Labute approximate surface area is 128 Å². The molecule has 1 aromatic heterocycles. The molecular formula is C14H13F3N2O4. The first-order chi connectivity index (χ1) is 10.9. The van der Waals surface area contributed by atoms with Crippen LogP contribution in [-0.2, 0) is 4.74 Å². The molecule has 23 heavy (non-hydrogen) atoms. The highest BCUT2D eigenvalue weighted by molar-refractivity contribution is 5.99. The van der Waals surface area contributed by atoms with Gasteiger partial charge in [-0.1, -0.05) is 5.16 Å². The SMILES string of the molecule is O=C1OCCN1c1noc2cc(OCCCC(F)(F)F)ccc12. The van der Waals surface area contributed by atoms with Crippen molar-refractivity contribution in [2.75, 3.05) is 24.7 Å². The number of cyclic esters (lactones) is 1. The number of alkyl halides is 3. The van der Waals surface area contributed by atoms with Gasteiger partial charge in [0.1, 0.15) is 12.4 Å². The molecule has 0 N–H and O–H groups in total. The van der Waals surface area contributed by atoms with E-state index in [-0.39, 0.29) is 19.6 Å². The first-order valence-corrected chi connectivity index (χ1v) is 6.97. The van der Waals surface area contributed by atoms with Gasteiger partial charge in [0.05, 0.1) is 18.5 Å². The van der Waals surface area contributed by atoms with Crippen LogP contribution in [0.25, 0.3) is 11.0 Å². The van der Waals surface area contributed by atoms with Gasteiger partial charge in [0.2, 0.25) is 0 Å². The predicted molar refractivity (Wildman–Crippen MR) is 73.5 cm³/mol. The molecule has 0 atom stereocenters. The minimum Gasteiger partial charge on any atom is -0.493 e. The van der Waals surface area contributed by atoms with Crippen LogP contribution in [0.1, 0.15) is 12.8 Å². The van der Waals surface area contributed by atoms with Crippen molar-refractivity contribution in [1.82, 2.24) is 5.16 Å². The Hall–Kier alpha value is -2.45. The van der Waals surface area contributed by atoms with Gasteiger partial charge in [-0.05, 0) is 18.6 Å². The van der Waals surface area contributed by atoms with Crippen LogP contribution in [0.3, 0.4) is 0 Å². The molecule has 0 spiro atoms. The highest BCUT2D eigenvalue weighted by Crippen LogP contribution is 2.30. The van der Waals surface area contributed by atoms with Gasteiger partial charge in [-0.3, -0.25) is 4.90 Å². The fourth-order valence-corrected chi connectivity index (χ4v) is 2.24. The molecule has 9 heteroatoms. The molecule has 6 nitrogen and oxygen atoms in total. The monoisotopic (exact) mass is 330 g/mol. The number of ether oxygens (including phenoxy) is 2. The number of nitrogens with zero attached hydrogens (tertiary/aromatic N) is 2. The maximum Gasteiger partial charge on any atom is 0.415 e. The topological polar surface area (TPSA) is 64.8 Å². The summed E-state index contributed by atoms with van der Waals surface area (Å²) in [6, 6.07) is 4.77. The quantitative estimate of drug-likeness (QED) is 0.785. The van der Waals surface area contributed by atoms with Crippen LogP contribution in [0.4, 0.5) is 23.8 Å². The number of carbonyl (C=O) groups excluding carboxylic acids is 1. The van der Waals surface area contributed by atoms with Crippen molar-refractivity contribution < 1.29 is 32.0 Å². The maximum atomic E-state index is 12.1. The molecule has 1 aliphatic rings. The number of benzene rings is 1. The zero-order valence-corrected chi connectivity index (χ0v) is 11.9. The van der Waals surface area contributed by atoms with E-state index in [1.54, 1.807) is 12.1 Å². The molecule has 1 aromatic carbocycles. The third-order valence-corrected chi connectivity index (χ3v) is 3.31. The van der Waals surface area contributed by atoms with Gasteiger partial charge in [0.25, 0.3) is 0 Å². The molecule has 1 fully saturated rings. The van der Waals surface area contributed by atoms with Gasteiger partial charge >= 0.3 is 12.3 Å². The standard InChI is InChI=1S/C14H13F3N2O4/c15-14(16,17)4-1-6-21-9-2-3-10-11(8-9)23-18-12(10)19-5-7-22-13(19)20/h2-3,8H,1,4-7H2. The Kier molecular flexibility index (Phi) is 4.01. The lowest BCUT2D eigenvalue weighted by Crippen LogP contribution is -2.23. The first kappa shape index (κ1) is 15.4. The van der Waals surface area contributed by atoms with Gasteiger partial charge in [-0.15, -0.1) is 0 Å². The average Bonchev–Trinajstić information content (AvgIpc) is 3.08. The summed E-state index contributed by atoms with van der Waals surface area (Å²) in [5.74, 6) is 0.734. The molecule has 0 unspecified atom stereocenters. The molecule has 0 saturated carbocycles. The highest BCUT2D eigenvalue weighted by atomic mass is 19.4. The van der Waals surface area contributed by atoms with Crippen molar-refractivity contribution in [2.24, 2.45) is 0 Å². The van der Waals surface area contributed by atoms with Crippen LogP contribution in [0, 0.1) is 0 Å². The van der Waals surface area contributed by atoms with E-state index in [0.29, 0.717) is 29.1 Å². The third kappa shape index (κ3) is 3.49. The van der Waals surface area contributed by atoms with Crippen molar-refractivity contribution in [3.8, 4) is 5.75 Å². The maximum absolute atomic E-state index is 12.1. The molecule has 2 aromatic rings. The summed E-state index contributed by atoms with van der Waals surface area (Å²) < 4.78 is 51.4. The summed E-state index contributed by atoms with van der Waals surface area (Å²) in [4.78, 5) is 12.9. The highest BCUT2D eigenvalue weighted by Gasteiger charge is 2.28. The molecule has 1 amide bonds. The normalized spacial score (nSPS) is 15.3. The summed E-state index contributed by atoms with van der Waals surface area (Å²) in [7, 11) is 0. The molecule has 1 aliphatic heterocycles. The second kappa shape index (κ2) is 5.98. The zero-order valence-electron chi connectivity index (χ0n) is 11.9. The average molecular weight is 330 g/mol. The van der Waals surface area contributed by atoms with Crippen LogP contribution in [0.5, 0.6) is 5.75 Å². The number of anilines is 1. The Bertz CT molecular complexity index is 714. The zero-order chi connectivity index (χ0) is 16.4. The van der Waals surface area contributed by atoms with Crippen molar-refractivity contribution in [2.45, 2.75) is 19.0 Å². The summed E-state index contributed by atoms with van der Waals surface area (Å²) in [5.41, 5.74) is 0.382. The molecular weight excluding hydrogens is 317 g/mol. The van der Waals surface area contributed by atoms with Crippen molar-refractivity contribution in [1.29, 1.82) is 0 Å². The lowest BCUT2D eigenvalue weighted by molar-refractivity contribution is -0.136. The van der Waals surface area contributed by atoms with Crippen LogP contribution in [0.2, 0.25) is 0 Å². The van der Waals surface area contributed by atoms with Crippen molar-refractivity contribution >= 4 is 22.9 Å². The van der Waals surface area contributed by atoms with Crippen LogP contribution in [0.15, 0.2) is 22.7 Å². The molecule has 0 aliphatic carbocycles. The number of hydrogen-bond donors (Lipinski definition) is 0. The smallest absolute Gasteiger partial charge is 0.415 e. The van der Waals surface area contributed by atoms with Gasteiger partial charge in [-0.25, -0.2) is 4.79 Å². The summed E-state index contributed by atoms with van der Waals surface area (Å²) in [6.07, 6.45) is -5.69. The number of halogens is 3. The molecule has 2 heterocycles. The van der Waals surface area contributed by atoms with E-state index < -0.39 is 18.7 Å². The minimum atomic E-state index is -4.18. The van der Waals surface area contributed by atoms with Crippen molar-refractivity contribution in [3.05, 3.63) is 18.2 Å². The van der Waals surface area contributed by atoms with Gasteiger partial charge < -0.3 is 14.0 Å². The molecule has 124 valence electrons. The van der Waals surface area contributed by atoms with Crippen LogP contribution < -0.4 is 9.64 Å². The second-order valence-electron chi connectivity index (χ2n) is 5.00. The van der Waals surface area contributed by atoms with Crippen molar-refractivity contribution in [3.63, 3.8) is 0 Å². The first-order valence-electron chi connectivity index (χ1n) is 6.97. The van der Waals surface area contributed by atoms with E-state index in [0.717, 1.165) is 0 Å². The van der Waals surface area contributed by atoms with Gasteiger partial charge in [-0.2, -0.15) is 13.2 Å². The Morgan fingerprint density at radius 3 is 2.87 bits per heavy atom. The lowest BCUT2D eigenvalue weighted by atomic mass is 10.2. The second-order valence-corrected chi connectivity index (χ2v) is 5.00. The number of hydrogen-bond acceptors (Lipinski definition) is 5. The molecule has 0 radical (unpaired) electrons. The van der Waals surface area contributed by atoms with Crippen LogP contribution >= 0.6 is 0 Å². The third-order valence-electron chi connectivity index (χ3n) is 3.31. The Morgan fingerprint density at radius 2 is 2.17 bits per heavy atom. The number of amides is 1. The molecule has 1 saturated heterocycles. The van der Waals surface area contributed by atoms with E-state index in [9.17, 15) is 18.0 Å². The Balaban J connectivity index is 1.67.